The van der Waals surface area contributed by atoms with Gasteiger partial charge in [0.15, 0.2) is 0 Å². The molecule has 0 bridgehead atoms. The van der Waals surface area contributed by atoms with Crippen LogP contribution >= 0.6 is 0 Å². The maximum Gasteiger partial charge on any atom is 0.130 e. The van der Waals surface area contributed by atoms with Gasteiger partial charge in [0.2, 0.25) is 0 Å². The van der Waals surface area contributed by atoms with E-state index >= 15 is 0 Å². The fourth-order valence-corrected chi connectivity index (χ4v) is 1.92. The van der Waals surface area contributed by atoms with E-state index in [9.17, 15) is 4.39 Å². The first-order chi connectivity index (χ1) is 8.24. The molecule has 0 spiro atoms. The zero-order valence-electron chi connectivity index (χ0n) is 9.15. The van der Waals surface area contributed by atoms with E-state index in [1.165, 1.54) is 12.1 Å². The molecule has 1 aliphatic heterocycles. The van der Waals surface area contributed by atoms with E-state index in [0.29, 0.717) is 13.0 Å². The van der Waals surface area contributed by atoms with Gasteiger partial charge in [-0.3, -0.25) is 0 Å². The molecule has 17 heavy (non-hydrogen) atoms. The van der Waals surface area contributed by atoms with Gasteiger partial charge in [0, 0.05) is 18.8 Å². The summed E-state index contributed by atoms with van der Waals surface area (Å²) < 4.78 is 12.8. The number of nitriles is 2. The Bertz CT molecular complexity index is 515. The average Bonchev–Trinajstić information content (AvgIpc) is 2.81. The molecule has 1 aromatic carbocycles. The second kappa shape index (κ2) is 4.67. The fraction of sp³-hybridized carbons (Fsp3) is 0.231. The summed E-state index contributed by atoms with van der Waals surface area (Å²) >= 11 is 0. The lowest BCUT2D eigenvalue weighted by Gasteiger charge is -2.16. The van der Waals surface area contributed by atoms with E-state index < -0.39 is 0 Å². The molecular formula is C13H10FN3. The van der Waals surface area contributed by atoms with Gasteiger partial charge in [0.25, 0.3) is 0 Å². The first kappa shape index (κ1) is 11.2. The van der Waals surface area contributed by atoms with Crippen molar-refractivity contribution < 1.29 is 4.39 Å². The number of allylic oxidation sites excluding steroid dienone is 1. The minimum absolute atomic E-state index is 0.203. The highest BCUT2D eigenvalue weighted by Gasteiger charge is 2.20. The topological polar surface area (TPSA) is 50.8 Å². The normalized spacial score (nSPS) is 14.3. The van der Waals surface area contributed by atoms with E-state index in [1.54, 1.807) is 12.1 Å². The molecule has 0 atom stereocenters. The third-order valence-corrected chi connectivity index (χ3v) is 2.83. The summed E-state index contributed by atoms with van der Waals surface area (Å²) in [7, 11) is 0. The van der Waals surface area contributed by atoms with E-state index in [-0.39, 0.29) is 11.4 Å². The standard InChI is InChI=1S/C13H10FN3/c14-12-1-3-13(4-2-12)17-6-5-10(9-17)11(7-15)8-16/h1-4H,5-6,9H2. The molecule has 1 aliphatic rings. The Labute approximate surface area is 99.0 Å². The van der Waals surface area contributed by atoms with Gasteiger partial charge in [-0.2, -0.15) is 10.5 Å². The molecule has 0 radical (unpaired) electrons. The molecule has 1 heterocycles. The minimum atomic E-state index is -0.265. The van der Waals surface area contributed by atoms with Gasteiger partial charge in [0.05, 0.1) is 0 Å². The smallest absolute Gasteiger partial charge is 0.130 e. The van der Waals surface area contributed by atoms with Crippen molar-refractivity contribution in [1.29, 1.82) is 10.5 Å². The Hall–Kier alpha value is -2.33. The number of hydrogen-bond donors (Lipinski definition) is 0. The number of rotatable bonds is 1. The number of halogens is 1. The molecule has 0 aliphatic carbocycles. The summed E-state index contributed by atoms with van der Waals surface area (Å²) in [4.78, 5) is 2.03. The van der Waals surface area contributed by atoms with Crippen molar-refractivity contribution in [2.75, 3.05) is 18.0 Å². The van der Waals surface area contributed by atoms with Gasteiger partial charge in [-0.25, -0.2) is 4.39 Å². The van der Waals surface area contributed by atoms with E-state index in [2.05, 4.69) is 0 Å². The first-order valence-corrected chi connectivity index (χ1v) is 5.27. The van der Waals surface area contributed by atoms with Crippen LogP contribution in [0.15, 0.2) is 35.4 Å². The van der Waals surface area contributed by atoms with Gasteiger partial charge in [-0.05, 0) is 36.3 Å². The molecule has 1 aromatic rings. The molecule has 1 fully saturated rings. The molecule has 0 amide bonds. The Morgan fingerprint density at radius 3 is 2.41 bits per heavy atom. The van der Waals surface area contributed by atoms with Gasteiger partial charge < -0.3 is 4.90 Å². The molecule has 0 saturated carbocycles. The van der Waals surface area contributed by atoms with Crippen LogP contribution < -0.4 is 4.90 Å². The second-order valence-electron chi connectivity index (χ2n) is 3.85. The number of hydrogen-bond acceptors (Lipinski definition) is 3. The summed E-state index contributed by atoms with van der Waals surface area (Å²) in [5, 5.41) is 17.6. The first-order valence-electron chi connectivity index (χ1n) is 5.27. The largest absolute Gasteiger partial charge is 0.367 e. The van der Waals surface area contributed by atoms with Gasteiger partial charge >= 0.3 is 0 Å². The van der Waals surface area contributed by atoms with Crippen LogP contribution in [-0.2, 0) is 0 Å². The lowest BCUT2D eigenvalue weighted by Crippen LogP contribution is -2.17. The predicted molar refractivity (Wildman–Crippen MR) is 61.5 cm³/mol. The SMILES string of the molecule is N#CC(C#N)=C1CCN(c2ccc(F)cc2)C1. The van der Waals surface area contributed by atoms with Crippen LogP contribution in [0, 0.1) is 28.5 Å². The van der Waals surface area contributed by atoms with E-state index in [1.807, 2.05) is 17.0 Å². The average molecular weight is 227 g/mol. The van der Waals surface area contributed by atoms with Gasteiger partial charge in [-0.1, -0.05) is 0 Å². The summed E-state index contributed by atoms with van der Waals surface area (Å²) in [6.45, 7) is 1.33. The van der Waals surface area contributed by atoms with Crippen molar-refractivity contribution in [2.45, 2.75) is 6.42 Å². The zero-order chi connectivity index (χ0) is 12.3. The molecule has 4 heteroatoms. The maximum absolute atomic E-state index is 12.8. The Morgan fingerprint density at radius 1 is 1.18 bits per heavy atom. The Morgan fingerprint density at radius 2 is 1.82 bits per heavy atom. The summed E-state index contributed by atoms with van der Waals surface area (Å²) in [5.74, 6) is -0.265. The Balaban J connectivity index is 2.19. The fourth-order valence-electron chi connectivity index (χ4n) is 1.92. The summed E-state index contributed by atoms with van der Waals surface area (Å²) in [6.07, 6.45) is 0.716. The number of nitrogens with zero attached hydrogens (tertiary/aromatic N) is 3. The van der Waals surface area contributed by atoms with Crippen molar-refractivity contribution in [3.8, 4) is 12.1 Å². The van der Waals surface area contributed by atoms with Crippen LogP contribution in [0.5, 0.6) is 0 Å². The molecule has 84 valence electrons. The minimum Gasteiger partial charge on any atom is -0.367 e. The maximum atomic E-state index is 12.8. The van der Waals surface area contributed by atoms with Crippen molar-refractivity contribution in [3.05, 3.63) is 41.2 Å². The predicted octanol–water partition coefficient (Wildman–Crippen LogP) is 2.38. The third-order valence-electron chi connectivity index (χ3n) is 2.83. The van der Waals surface area contributed by atoms with Crippen LogP contribution in [0.3, 0.4) is 0 Å². The monoisotopic (exact) mass is 227 g/mol. The number of anilines is 1. The van der Waals surface area contributed by atoms with Crippen LogP contribution in [0.2, 0.25) is 0 Å². The lowest BCUT2D eigenvalue weighted by molar-refractivity contribution is 0.627. The highest BCUT2D eigenvalue weighted by atomic mass is 19.1. The molecular weight excluding hydrogens is 217 g/mol. The third kappa shape index (κ3) is 2.26. The summed E-state index contributed by atoms with van der Waals surface area (Å²) in [6, 6.07) is 10.0. The van der Waals surface area contributed by atoms with Crippen molar-refractivity contribution in [2.24, 2.45) is 0 Å². The molecule has 1 saturated heterocycles. The second-order valence-corrected chi connectivity index (χ2v) is 3.85. The molecule has 0 aromatic heterocycles. The van der Waals surface area contributed by atoms with Crippen LogP contribution in [0.1, 0.15) is 6.42 Å². The van der Waals surface area contributed by atoms with Crippen molar-refractivity contribution in [3.63, 3.8) is 0 Å². The van der Waals surface area contributed by atoms with Gasteiger partial charge in [0.1, 0.15) is 23.5 Å². The number of benzene rings is 1. The zero-order valence-corrected chi connectivity index (χ0v) is 9.15. The Kier molecular flexibility index (Phi) is 3.07. The van der Waals surface area contributed by atoms with Crippen molar-refractivity contribution in [1.82, 2.24) is 0 Å². The molecule has 3 nitrogen and oxygen atoms in total. The highest BCUT2D eigenvalue weighted by Crippen LogP contribution is 2.25. The summed E-state index contributed by atoms with van der Waals surface area (Å²) in [5.41, 5.74) is 1.98. The van der Waals surface area contributed by atoms with Crippen molar-refractivity contribution >= 4 is 5.69 Å². The molecule has 0 unspecified atom stereocenters. The van der Waals surface area contributed by atoms with Crippen LogP contribution in [-0.4, -0.2) is 13.1 Å². The van der Waals surface area contributed by atoms with Crippen LogP contribution in [0.25, 0.3) is 0 Å². The molecule has 2 rings (SSSR count). The van der Waals surface area contributed by atoms with E-state index in [0.717, 1.165) is 17.8 Å². The molecule has 0 N–H and O–H groups in total. The quantitative estimate of drug-likeness (QED) is 0.692. The van der Waals surface area contributed by atoms with Gasteiger partial charge in [-0.15, -0.1) is 0 Å². The van der Waals surface area contributed by atoms with E-state index in [4.69, 9.17) is 10.5 Å². The van der Waals surface area contributed by atoms with Crippen LogP contribution in [0.4, 0.5) is 10.1 Å². The highest BCUT2D eigenvalue weighted by molar-refractivity contribution is 5.53. The lowest BCUT2D eigenvalue weighted by atomic mass is 10.1.